The summed E-state index contributed by atoms with van der Waals surface area (Å²) in [6.45, 7) is 3.32. The van der Waals surface area contributed by atoms with Gasteiger partial charge in [-0.2, -0.15) is 0 Å². The molecule has 0 fully saturated rings. The summed E-state index contributed by atoms with van der Waals surface area (Å²) >= 11 is 0. The van der Waals surface area contributed by atoms with E-state index in [-0.39, 0.29) is 17.7 Å². The molecule has 0 saturated heterocycles. The Balaban J connectivity index is 2.87. The highest BCUT2D eigenvalue weighted by atomic mass is 19.1. The first-order valence-corrected chi connectivity index (χ1v) is 5.72. The number of rotatable bonds is 4. The van der Waals surface area contributed by atoms with Gasteiger partial charge in [0.25, 0.3) is 5.91 Å². The van der Waals surface area contributed by atoms with E-state index >= 15 is 0 Å². The van der Waals surface area contributed by atoms with E-state index in [2.05, 4.69) is 0 Å². The number of amides is 1. The van der Waals surface area contributed by atoms with Crippen molar-refractivity contribution in [3.05, 3.63) is 34.9 Å². The molecule has 0 aromatic heterocycles. The van der Waals surface area contributed by atoms with Crippen LogP contribution in [0.4, 0.5) is 8.78 Å². The van der Waals surface area contributed by atoms with Gasteiger partial charge in [0.15, 0.2) is 0 Å². The van der Waals surface area contributed by atoms with Crippen LogP contribution < -0.4 is 0 Å². The average molecular weight is 257 g/mol. The molecule has 0 spiro atoms. The van der Waals surface area contributed by atoms with Crippen molar-refractivity contribution >= 4 is 5.91 Å². The number of aliphatic hydroxyl groups excluding tert-OH is 1. The van der Waals surface area contributed by atoms with Crippen molar-refractivity contribution in [2.45, 2.75) is 26.4 Å². The van der Waals surface area contributed by atoms with E-state index in [1.807, 2.05) is 0 Å². The van der Waals surface area contributed by atoms with Gasteiger partial charge in [0.2, 0.25) is 0 Å². The molecule has 1 unspecified atom stereocenters. The molecule has 5 heteroatoms. The van der Waals surface area contributed by atoms with Gasteiger partial charge in [-0.05, 0) is 38.0 Å². The Hall–Kier alpha value is -1.49. The van der Waals surface area contributed by atoms with E-state index < -0.39 is 23.6 Å². The molecule has 0 aliphatic heterocycles. The molecule has 1 N–H and O–H groups in total. The third-order valence-electron chi connectivity index (χ3n) is 2.71. The van der Waals surface area contributed by atoms with E-state index in [0.29, 0.717) is 6.42 Å². The van der Waals surface area contributed by atoms with Gasteiger partial charge in [-0.3, -0.25) is 4.79 Å². The van der Waals surface area contributed by atoms with Gasteiger partial charge in [-0.25, -0.2) is 8.78 Å². The summed E-state index contributed by atoms with van der Waals surface area (Å²) in [5.41, 5.74) is -0.123. The van der Waals surface area contributed by atoms with Crippen LogP contribution in [0.5, 0.6) is 0 Å². The molecule has 0 bridgehead atoms. The van der Waals surface area contributed by atoms with Gasteiger partial charge in [-0.15, -0.1) is 0 Å². The highest BCUT2D eigenvalue weighted by molar-refractivity contribution is 5.94. The normalized spacial score (nSPS) is 12.3. The van der Waals surface area contributed by atoms with Crippen LogP contribution in [-0.2, 0) is 0 Å². The lowest BCUT2D eigenvalue weighted by atomic mass is 10.1. The lowest BCUT2D eigenvalue weighted by Gasteiger charge is -2.18. The molecule has 3 nitrogen and oxygen atoms in total. The summed E-state index contributed by atoms with van der Waals surface area (Å²) in [4.78, 5) is 13.1. The van der Waals surface area contributed by atoms with E-state index in [4.69, 9.17) is 5.11 Å². The standard InChI is InChI=1S/C13H17F2NO2/c1-8-6-12(15)10(7-11(8)14)13(18)16(3)5-4-9(2)17/h6-7,9,17H,4-5H2,1-3H3. The fourth-order valence-corrected chi connectivity index (χ4v) is 1.50. The number of hydrogen-bond donors (Lipinski definition) is 1. The predicted molar refractivity (Wildman–Crippen MR) is 64.4 cm³/mol. The number of benzene rings is 1. The van der Waals surface area contributed by atoms with Crippen LogP contribution in [0.15, 0.2) is 12.1 Å². The average Bonchev–Trinajstić information content (AvgIpc) is 2.29. The lowest BCUT2D eigenvalue weighted by molar-refractivity contribution is 0.0764. The van der Waals surface area contributed by atoms with E-state index in [9.17, 15) is 13.6 Å². The van der Waals surface area contributed by atoms with Crippen molar-refractivity contribution in [1.82, 2.24) is 4.90 Å². The van der Waals surface area contributed by atoms with E-state index in [1.54, 1.807) is 6.92 Å². The minimum absolute atomic E-state index is 0.163. The summed E-state index contributed by atoms with van der Waals surface area (Å²) in [5, 5.41) is 9.12. The molecule has 1 amide bonds. The number of hydrogen-bond acceptors (Lipinski definition) is 2. The van der Waals surface area contributed by atoms with Crippen molar-refractivity contribution in [3.63, 3.8) is 0 Å². The highest BCUT2D eigenvalue weighted by Crippen LogP contribution is 2.16. The SMILES string of the molecule is Cc1cc(F)c(C(=O)N(C)CCC(C)O)cc1F. The molecule has 18 heavy (non-hydrogen) atoms. The number of nitrogens with zero attached hydrogens (tertiary/aromatic N) is 1. The number of carbonyl (C=O) groups excluding carboxylic acids is 1. The number of halogens is 2. The first kappa shape index (κ1) is 14.6. The number of aliphatic hydroxyl groups is 1. The van der Waals surface area contributed by atoms with Crippen molar-refractivity contribution < 1.29 is 18.7 Å². The maximum Gasteiger partial charge on any atom is 0.256 e. The summed E-state index contributed by atoms with van der Waals surface area (Å²) in [6.07, 6.45) is -0.155. The minimum Gasteiger partial charge on any atom is -0.393 e. The van der Waals surface area contributed by atoms with Gasteiger partial charge in [0.1, 0.15) is 11.6 Å². The van der Waals surface area contributed by atoms with Crippen molar-refractivity contribution in [1.29, 1.82) is 0 Å². The van der Waals surface area contributed by atoms with Crippen molar-refractivity contribution in [2.24, 2.45) is 0 Å². The Morgan fingerprint density at radius 2 is 2.00 bits per heavy atom. The van der Waals surface area contributed by atoms with Gasteiger partial charge in [0, 0.05) is 13.6 Å². The first-order chi connectivity index (χ1) is 8.32. The minimum atomic E-state index is -0.734. The maximum absolute atomic E-state index is 13.6. The van der Waals surface area contributed by atoms with Crippen LogP contribution >= 0.6 is 0 Å². The molecule has 100 valence electrons. The van der Waals surface area contributed by atoms with Crippen LogP contribution in [0.1, 0.15) is 29.3 Å². The molecule has 1 rings (SSSR count). The summed E-state index contributed by atoms with van der Waals surface area (Å²) in [6, 6.07) is 1.91. The molecule has 0 radical (unpaired) electrons. The van der Waals surface area contributed by atoms with Crippen LogP contribution in [0.2, 0.25) is 0 Å². The summed E-state index contributed by atoms with van der Waals surface area (Å²) < 4.78 is 26.9. The van der Waals surface area contributed by atoms with Gasteiger partial charge >= 0.3 is 0 Å². The molecule has 0 aliphatic rings. The Kier molecular flexibility index (Phi) is 4.78. The molecule has 0 heterocycles. The highest BCUT2D eigenvalue weighted by Gasteiger charge is 2.18. The molecule has 0 aliphatic carbocycles. The predicted octanol–water partition coefficient (Wildman–Crippen LogP) is 2.12. The Morgan fingerprint density at radius 3 is 2.56 bits per heavy atom. The zero-order valence-electron chi connectivity index (χ0n) is 10.7. The summed E-state index contributed by atoms with van der Waals surface area (Å²) in [5.74, 6) is -1.93. The molecule has 0 saturated carbocycles. The Labute approximate surface area is 105 Å². The topological polar surface area (TPSA) is 40.5 Å². The molecular formula is C13H17F2NO2. The van der Waals surface area contributed by atoms with E-state index in [1.165, 1.54) is 18.9 Å². The maximum atomic E-state index is 13.6. The smallest absolute Gasteiger partial charge is 0.256 e. The second-order valence-electron chi connectivity index (χ2n) is 4.45. The monoisotopic (exact) mass is 257 g/mol. The zero-order valence-corrected chi connectivity index (χ0v) is 10.7. The van der Waals surface area contributed by atoms with Crippen LogP contribution in [0, 0.1) is 18.6 Å². The van der Waals surface area contributed by atoms with Crippen molar-refractivity contribution in [2.75, 3.05) is 13.6 Å². The fraction of sp³-hybridized carbons (Fsp3) is 0.462. The molecular weight excluding hydrogens is 240 g/mol. The summed E-state index contributed by atoms with van der Waals surface area (Å²) in [7, 11) is 1.49. The third-order valence-corrected chi connectivity index (χ3v) is 2.71. The largest absolute Gasteiger partial charge is 0.393 e. The first-order valence-electron chi connectivity index (χ1n) is 5.72. The second kappa shape index (κ2) is 5.91. The fourth-order valence-electron chi connectivity index (χ4n) is 1.50. The quantitative estimate of drug-likeness (QED) is 0.897. The van der Waals surface area contributed by atoms with Crippen molar-refractivity contribution in [3.8, 4) is 0 Å². The Morgan fingerprint density at radius 1 is 1.39 bits per heavy atom. The molecule has 1 aromatic carbocycles. The van der Waals surface area contributed by atoms with Crippen LogP contribution in [0.3, 0.4) is 0 Å². The van der Waals surface area contributed by atoms with E-state index in [0.717, 1.165) is 12.1 Å². The van der Waals surface area contributed by atoms with Crippen LogP contribution in [0.25, 0.3) is 0 Å². The lowest BCUT2D eigenvalue weighted by Crippen LogP contribution is -2.30. The van der Waals surface area contributed by atoms with Gasteiger partial charge in [0.05, 0.1) is 11.7 Å². The number of aryl methyl sites for hydroxylation is 1. The Bertz CT molecular complexity index is 447. The molecule has 1 atom stereocenters. The zero-order chi connectivity index (χ0) is 13.9. The number of carbonyl (C=O) groups is 1. The molecule has 1 aromatic rings. The van der Waals surface area contributed by atoms with Crippen LogP contribution in [-0.4, -0.2) is 35.6 Å². The van der Waals surface area contributed by atoms with Gasteiger partial charge in [-0.1, -0.05) is 0 Å². The second-order valence-corrected chi connectivity index (χ2v) is 4.45. The third kappa shape index (κ3) is 3.50. The van der Waals surface area contributed by atoms with Gasteiger partial charge < -0.3 is 10.0 Å².